The minimum Gasteiger partial charge on any atom is -0.323 e. The molecule has 2 rings (SSSR count). The van der Waals surface area contributed by atoms with E-state index in [-0.39, 0.29) is 5.91 Å². The van der Waals surface area contributed by atoms with E-state index in [2.05, 4.69) is 25.9 Å². The van der Waals surface area contributed by atoms with Crippen LogP contribution in [0.1, 0.15) is 10.4 Å². The molecule has 4 N–H and O–H groups in total. The first-order chi connectivity index (χ1) is 7.81. The van der Waals surface area contributed by atoms with E-state index in [0.29, 0.717) is 16.4 Å². The Hall–Kier alpha value is -2.06. The number of amides is 1. The summed E-state index contributed by atoms with van der Waals surface area (Å²) in [6, 6.07) is 1.61. The standard InChI is InChI=1S/C8H8N6OS/c9-13-6-1-2-10-3-5(6)7(15)12-8-14-11-4-16-8/h1-4H,9H2,(H,10,13)(H,12,14,15). The van der Waals surface area contributed by atoms with E-state index in [1.807, 2.05) is 0 Å². The maximum atomic E-state index is 11.8. The second-order valence-corrected chi connectivity index (χ2v) is 3.60. The Bertz CT molecular complexity index is 485. The molecule has 82 valence electrons. The molecule has 0 radical (unpaired) electrons. The van der Waals surface area contributed by atoms with Crippen LogP contribution in [0.2, 0.25) is 0 Å². The highest BCUT2D eigenvalue weighted by atomic mass is 32.1. The largest absolute Gasteiger partial charge is 0.323 e. The van der Waals surface area contributed by atoms with Crippen molar-refractivity contribution >= 4 is 28.1 Å². The molecular formula is C8H8N6OS. The van der Waals surface area contributed by atoms with Gasteiger partial charge >= 0.3 is 0 Å². The first kappa shape index (κ1) is 10.5. The van der Waals surface area contributed by atoms with Gasteiger partial charge in [0.2, 0.25) is 5.13 Å². The number of nitrogen functional groups attached to an aromatic ring is 1. The van der Waals surface area contributed by atoms with Crippen LogP contribution >= 0.6 is 11.3 Å². The third-order valence-electron chi connectivity index (χ3n) is 1.80. The van der Waals surface area contributed by atoms with Gasteiger partial charge in [0.15, 0.2) is 0 Å². The Labute approximate surface area is 94.7 Å². The molecule has 0 aliphatic carbocycles. The number of hydrogen-bond acceptors (Lipinski definition) is 7. The van der Waals surface area contributed by atoms with Crippen molar-refractivity contribution in [2.24, 2.45) is 5.84 Å². The summed E-state index contributed by atoms with van der Waals surface area (Å²) in [6.07, 6.45) is 2.96. The number of nitrogens with zero attached hydrogens (tertiary/aromatic N) is 3. The molecule has 0 fully saturated rings. The Morgan fingerprint density at radius 1 is 1.50 bits per heavy atom. The Morgan fingerprint density at radius 2 is 2.38 bits per heavy atom. The van der Waals surface area contributed by atoms with Gasteiger partial charge in [-0.05, 0) is 6.07 Å². The van der Waals surface area contributed by atoms with E-state index >= 15 is 0 Å². The third kappa shape index (κ3) is 2.12. The maximum Gasteiger partial charge on any atom is 0.261 e. The van der Waals surface area contributed by atoms with Crippen LogP contribution in [0, 0.1) is 0 Å². The van der Waals surface area contributed by atoms with Gasteiger partial charge in [-0.3, -0.25) is 20.9 Å². The quantitative estimate of drug-likeness (QED) is 0.528. The summed E-state index contributed by atoms with van der Waals surface area (Å²) in [6.45, 7) is 0. The van der Waals surface area contributed by atoms with Crippen molar-refractivity contribution in [2.75, 3.05) is 10.7 Å². The molecule has 8 heteroatoms. The van der Waals surface area contributed by atoms with Crippen molar-refractivity contribution in [3.05, 3.63) is 29.5 Å². The number of aromatic nitrogens is 3. The average molecular weight is 236 g/mol. The maximum absolute atomic E-state index is 11.8. The molecule has 2 heterocycles. The fraction of sp³-hybridized carbons (Fsp3) is 0. The lowest BCUT2D eigenvalue weighted by molar-refractivity contribution is 0.102. The smallest absolute Gasteiger partial charge is 0.261 e. The number of carbonyl (C=O) groups excluding carboxylic acids is 1. The molecule has 0 spiro atoms. The third-order valence-corrected chi connectivity index (χ3v) is 2.41. The molecule has 1 amide bonds. The lowest BCUT2D eigenvalue weighted by Gasteiger charge is -2.06. The molecule has 2 aromatic heterocycles. The zero-order valence-electron chi connectivity index (χ0n) is 8.04. The highest BCUT2D eigenvalue weighted by Gasteiger charge is 2.12. The second-order valence-electron chi connectivity index (χ2n) is 2.76. The van der Waals surface area contributed by atoms with E-state index in [1.54, 1.807) is 6.07 Å². The number of hydrazine groups is 1. The summed E-state index contributed by atoms with van der Waals surface area (Å²) < 4.78 is 0. The molecule has 0 unspecified atom stereocenters. The van der Waals surface area contributed by atoms with Gasteiger partial charge in [0.05, 0.1) is 11.3 Å². The fourth-order valence-electron chi connectivity index (χ4n) is 1.09. The van der Waals surface area contributed by atoms with Gasteiger partial charge in [-0.25, -0.2) is 0 Å². The van der Waals surface area contributed by atoms with Crippen molar-refractivity contribution in [1.29, 1.82) is 0 Å². The van der Waals surface area contributed by atoms with Crippen LogP contribution in [0.3, 0.4) is 0 Å². The predicted octanol–water partition coefficient (Wildman–Crippen LogP) is 0.471. The summed E-state index contributed by atoms with van der Waals surface area (Å²) in [4.78, 5) is 15.6. The fourth-order valence-corrected chi connectivity index (χ4v) is 1.53. The van der Waals surface area contributed by atoms with Crippen molar-refractivity contribution < 1.29 is 4.79 Å². The van der Waals surface area contributed by atoms with Crippen LogP contribution in [-0.2, 0) is 0 Å². The monoisotopic (exact) mass is 236 g/mol. The van der Waals surface area contributed by atoms with Gasteiger partial charge in [0.1, 0.15) is 5.51 Å². The van der Waals surface area contributed by atoms with Crippen molar-refractivity contribution in [1.82, 2.24) is 15.2 Å². The first-order valence-corrected chi connectivity index (χ1v) is 5.17. The van der Waals surface area contributed by atoms with Crippen LogP contribution in [-0.4, -0.2) is 21.1 Å². The molecule has 0 bridgehead atoms. The number of nitrogens with two attached hydrogens (primary N) is 1. The summed E-state index contributed by atoms with van der Waals surface area (Å²) in [5.41, 5.74) is 4.80. The highest BCUT2D eigenvalue weighted by Crippen LogP contribution is 2.15. The Kier molecular flexibility index (Phi) is 3.03. The molecular weight excluding hydrogens is 228 g/mol. The molecule has 0 aliphatic rings. The van der Waals surface area contributed by atoms with Gasteiger partial charge in [-0.1, -0.05) is 11.3 Å². The van der Waals surface area contributed by atoms with Crippen molar-refractivity contribution in [2.45, 2.75) is 0 Å². The predicted molar refractivity (Wildman–Crippen MR) is 59.9 cm³/mol. The SMILES string of the molecule is NNc1ccncc1C(=O)Nc1nncs1. The molecule has 2 aromatic rings. The summed E-state index contributed by atoms with van der Waals surface area (Å²) in [5, 5.41) is 10.3. The van der Waals surface area contributed by atoms with Gasteiger partial charge in [0.25, 0.3) is 5.91 Å². The lowest BCUT2D eigenvalue weighted by atomic mass is 10.2. The van der Waals surface area contributed by atoms with Crippen LogP contribution in [0.4, 0.5) is 10.8 Å². The molecule has 0 aromatic carbocycles. The first-order valence-electron chi connectivity index (χ1n) is 4.29. The molecule has 0 aliphatic heterocycles. The zero-order chi connectivity index (χ0) is 11.4. The minimum atomic E-state index is -0.335. The minimum absolute atomic E-state index is 0.335. The van der Waals surface area contributed by atoms with Crippen LogP contribution < -0.4 is 16.6 Å². The highest BCUT2D eigenvalue weighted by molar-refractivity contribution is 7.13. The number of pyridine rings is 1. The number of nitrogens with one attached hydrogen (secondary N) is 2. The molecule has 16 heavy (non-hydrogen) atoms. The normalized spacial score (nSPS) is 9.81. The number of rotatable bonds is 3. The molecule has 7 nitrogen and oxygen atoms in total. The van der Waals surface area contributed by atoms with Gasteiger partial charge in [-0.2, -0.15) is 0 Å². The van der Waals surface area contributed by atoms with E-state index < -0.39 is 0 Å². The van der Waals surface area contributed by atoms with Gasteiger partial charge in [-0.15, -0.1) is 10.2 Å². The molecule has 0 saturated heterocycles. The Morgan fingerprint density at radius 3 is 3.06 bits per heavy atom. The van der Waals surface area contributed by atoms with E-state index in [4.69, 9.17) is 5.84 Å². The zero-order valence-corrected chi connectivity index (χ0v) is 8.86. The average Bonchev–Trinajstić information content (AvgIpc) is 2.81. The van der Waals surface area contributed by atoms with Crippen LogP contribution in [0.5, 0.6) is 0 Å². The van der Waals surface area contributed by atoms with E-state index in [1.165, 1.54) is 29.2 Å². The van der Waals surface area contributed by atoms with Crippen LogP contribution in [0.15, 0.2) is 24.0 Å². The van der Waals surface area contributed by atoms with Gasteiger partial charge < -0.3 is 5.43 Å². The van der Waals surface area contributed by atoms with E-state index in [9.17, 15) is 4.79 Å². The number of hydrogen-bond donors (Lipinski definition) is 3. The lowest BCUT2D eigenvalue weighted by Crippen LogP contribution is -2.17. The second kappa shape index (κ2) is 4.64. The number of anilines is 2. The molecule has 0 atom stereocenters. The van der Waals surface area contributed by atoms with Crippen LogP contribution in [0.25, 0.3) is 0 Å². The van der Waals surface area contributed by atoms with Crippen molar-refractivity contribution in [3.63, 3.8) is 0 Å². The Balaban J connectivity index is 2.21. The van der Waals surface area contributed by atoms with Gasteiger partial charge in [0, 0.05) is 12.4 Å². The number of carbonyl (C=O) groups is 1. The van der Waals surface area contributed by atoms with E-state index in [0.717, 1.165) is 0 Å². The summed E-state index contributed by atoms with van der Waals surface area (Å²) in [7, 11) is 0. The topological polar surface area (TPSA) is 106 Å². The summed E-state index contributed by atoms with van der Waals surface area (Å²) >= 11 is 1.23. The van der Waals surface area contributed by atoms with Crippen molar-refractivity contribution in [3.8, 4) is 0 Å². The summed E-state index contributed by atoms with van der Waals surface area (Å²) in [5.74, 6) is 4.94. The molecule has 0 saturated carbocycles.